The average molecular weight is 423 g/mol. The van der Waals surface area contributed by atoms with Crippen LogP contribution in [0.25, 0.3) is 5.69 Å². The molecule has 24 heavy (non-hydrogen) atoms. The zero-order chi connectivity index (χ0) is 18.2. The molecule has 128 valence electrons. The molecule has 0 radical (unpaired) electrons. The Balaban J connectivity index is 2.71. The molecule has 0 aliphatic carbocycles. The quantitative estimate of drug-likeness (QED) is 0.447. The van der Waals surface area contributed by atoms with E-state index in [4.69, 9.17) is 40.1 Å². The number of rotatable bonds is 3. The molecule has 0 atom stereocenters. The SMILES string of the molecule is N#Cc1nn(-c2c(Cl)cc(C(F)(F)F)cc2Cl)c(SC(F)F)c1Cl. The average Bonchev–Trinajstić information content (AvgIpc) is 2.74. The topological polar surface area (TPSA) is 41.6 Å². The molecule has 0 N–H and O–H groups in total. The van der Waals surface area contributed by atoms with E-state index in [0.717, 1.165) is 4.68 Å². The van der Waals surface area contributed by atoms with Gasteiger partial charge < -0.3 is 0 Å². The molecule has 0 unspecified atom stereocenters. The van der Waals surface area contributed by atoms with Crippen LogP contribution in [-0.2, 0) is 6.18 Å². The number of nitrogens with zero attached hydrogens (tertiary/aromatic N) is 3. The summed E-state index contributed by atoms with van der Waals surface area (Å²) in [5.74, 6) is -2.92. The highest BCUT2D eigenvalue weighted by molar-refractivity contribution is 7.99. The molecule has 0 spiro atoms. The number of aromatic nitrogens is 2. The number of hydrogen-bond donors (Lipinski definition) is 0. The first-order chi connectivity index (χ1) is 11.1. The van der Waals surface area contributed by atoms with Crippen LogP contribution in [0.3, 0.4) is 0 Å². The van der Waals surface area contributed by atoms with Crippen molar-refractivity contribution in [2.75, 3.05) is 0 Å². The van der Waals surface area contributed by atoms with Gasteiger partial charge in [-0.25, -0.2) is 4.68 Å². The van der Waals surface area contributed by atoms with Gasteiger partial charge in [0.2, 0.25) is 0 Å². The molecule has 3 nitrogen and oxygen atoms in total. The summed E-state index contributed by atoms with van der Waals surface area (Å²) in [6.07, 6.45) is -4.70. The van der Waals surface area contributed by atoms with Gasteiger partial charge in [0, 0.05) is 0 Å². The number of hydrogen-bond acceptors (Lipinski definition) is 3. The molecular formula is C12H3Cl3F5N3S. The van der Waals surface area contributed by atoms with E-state index < -0.39 is 33.2 Å². The predicted octanol–water partition coefficient (Wildman–Crippen LogP) is 6.04. The Morgan fingerprint density at radius 3 is 2.12 bits per heavy atom. The van der Waals surface area contributed by atoms with Crippen LogP contribution in [0.15, 0.2) is 17.2 Å². The van der Waals surface area contributed by atoms with Crippen LogP contribution in [-0.4, -0.2) is 15.5 Å². The molecule has 12 heteroatoms. The Labute approximate surface area is 150 Å². The Hall–Kier alpha value is -1.21. The molecule has 0 aliphatic heterocycles. The smallest absolute Gasteiger partial charge is 0.221 e. The van der Waals surface area contributed by atoms with Crippen LogP contribution in [0.4, 0.5) is 22.0 Å². The number of thioether (sulfide) groups is 1. The lowest BCUT2D eigenvalue weighted by molar-refractivity contribution is -0.137. The van der Waals surface area contributed by atoms with Crippen molar-refractivity contribution >= 4 is 46.6 Å². The summed E-state index contributed by atoms with van der Waals surface area (Å²) >= 11 is 17.4. The van der Waals surface area contributed by atoms with Gasteiger partial charge in [-0.05, 0) is 23.9 Å². The number of nitriles is 1. The molecule has 2 rings (SSSR count). The molecule has 0 saturated carbocycles. The van der Waals surface area contributed by atoms with E-state index in [-0.39, 0.29) is 27.5 Å². The van der Waals surface area contributed by atoms with Gasteiger partial charge in [0.25, 0.3) is 5.76 Å². The molecule has 1 aromatic carbocycles. The van der Waals surface area contributed by atoms with E-state index in [1.54, 1.807) is 6.07 Å². The summed E-state index contributed by atoms with van der Waals surface area (Å²) in [6, 6.07) is 2.73. The summed E-state index contributed by atoms with van der Waals surface area (Å²) in [6.45, 7) is 0. The van der Waals surface area contributed by atoms with Crippen molar-refractivity contribution in [1.29, 1.82) is 5.26 Å². The van der Waals surface area contributed by atoms with Gasteiger partial charge in [-0.3, -0.25) is 0 Å². The van der Waals surface area contributed by atoms with E-state index in [9.17, 15) is 22.0 Å². The number of alkyl halides is 5. The minimum absolute atomic E-state index is 0.0456. The fraction of sp³-hybridized carbons (Fsp3) is 0.167. The third kappa shape index (κ3) is 3.72. The van der Waals surface area contributed by atoms with Crippen molar-refractivity contribution < 1.29 is 22.0 Å². The zero-order valence-corrected chi connectivity index (χ0v) is 14.1. The van der Waals surface area contributed by atoms with Gasteiger partial charge in [0.15, 0.2) is 5.69 Å². The highest BCUT2D eigenvalue weighted by Gasteiger charge is 2.33. The first-order valence-corrected chi connectivity index (χ1v) is 7.77. The van der Waals surface area contributed by atoms with Crippen molar-refractivity contribution in [2.45, 2.75) is 17.0 Å². The van der Waals surface area contributed by atoms with Crippen LogP contribution in [0.2, 0.25) is 15.1 Å². The van der Waals surface area contributed by atoms with E-state index in [2.05, 4.69) is 5.10 Å². The minimum atomic E-state index is -4.70. The first-order valence-electron chi connectivity index (χ1n) is 5.76. The summed E-state index contributed by atoms with van der Waals surface area (Å²) < 4.78 is 64.4. The Morgan fingerprint density at radius 1 is 1.17 bits per heavy atom. The van der Waals surface area contributed by atoms with Crippen molar-refractivity contribution in [3.63, 3.8) is 0 Å². The zero-order valence-electron chi connectivity index (χ0n) is 11.0. The van der Waals surface area contributed by atoms with E-state index >= 15 is 0 Å². The molecule has 0 aliphatic rings. The summed E-state index contributed by atoms with van der Waals surface area (Å²) in [5.41, 5.74) is -1.81. The second-order valence-electron chi connectivity index (χ2n) is 4.16. The van der Waals surface area contributed by atoms with Crippen LogP contribution < -0.4 is 0 Å². The Morgan fingerprint density at radius 2 is 1.71 bits per heavy atom. The Kier molecular flexibility index (Phi) is 5.54. The van der Waals surface area contributed by atoms with Crippen LogP contribution in [0.1, 0.15) is 11.3 Å². The molecule has 0 fully saturated rings. The highest BCUT2D eigenvalue weighted by atomic mass is 35.5. The molecule has 1 heterocycles. The third-order valence-electron chi connectivity index (χ3n) is 2.65. The van der Waals surface area contributed by atoms with Gasteiger partial charge in [0.05, 0.1) is 15.6 Å². The second kappa shape index (κ2) is 6.96. The van der Waals surface area contributed by atoms with Gasteiger partial charge in [-0.2, -0.15) is 32.3 Å². The van der Waals surface area contributed by atoms with Crippen LogP contribution in [0.5, 0.6) is 0 Å². The number of halogens is 8. The van der Waals surface area contributed by atoms with Crippen molar-refractivity contribution in [1.82, 2.24) is 9.78 Å². The van der Waals surface area contributed by atoms with Gasteiger partial charge in [-0.1, -0.05) is 34.8 Å². The van der Waals surface area contributed by atoms with Gasteiger partial charge >= 0.3 is 6.18 Å². The van der Waals surface area contributed by atoms with Crippen LogP contribution in [0, 0.1) is 11.3 Å². The maximum absolute atomic E-state index is 12.7. The molecule has 0 bridgehead atoms. The van der Waals surface area contributed by atoms with Crippen molar-refractivity contribution in [3.8, 4) is 11.8 Å². The van der Waals surface area contributed by atoms with Crippen molar-refractivity contribution in [2.24, 2.45) is 0 Å². The largest absolute Gasteiger partial charge is 0.416 e. The number of benzene rings is 1. The Bertz CT molecular complexity index is 806. The maximum Gasteiger partial charge on any atom is 0.416 e. The lowest BCUT2D eigenvalue weighted by Crippen LogP contribution is -2.08. The van der Waals surface area contributed by atoms with Crippen molar-refractivity contribution in [3.05, 3.63) is 38.5 Å². The third-order valence-corrected chi connectivity index (χ3v) is 4.48. The standard InChI is InChI=1S/C12H3Cl3F5N3S/c13-5-1-4(12(18,19)20)2-6(14)9(5)23-10(24-11(16)17)8(15)7(3-21)22-23/h1-2,11H. The summed E-state index contributed by atoms with van der Waals surface area (Å²) in [4.78, 5) is 0. The lowest BCUT2D eigenvalue weighted by atomic mass is 10.2. The van der Waals surface area contributed by atoms with E-state index in [1.807, 2.05) is 0 Å². The first kappa shape index (κ1) is 19.1. The monoisotopic (exact) mass is 421 g/mol. The lowest BCUT2D eigenvalue weighted by Gasteiger charge is -2.14. The molecule has 2 aromatic rings. The van der Waals surface area contributed by atoms with Gasteiger partial charge in [-0.15, -0.1) is 0 Å². The molecule has 0 amide bonds. The van der Waals surface area contributed by atoms with Gasteiger partial charge in [0.1, 0.15) is 21.8 Å². The fourth-order valence-corrected chi connectivity index (χ4v) is 3.27. The predicted molar refractivity (Wildman–Crippen MR) is 80.2 cm³/mol. The fourth-order valence-electron chi connectivity index (χ4n) is 1.72. The second-order valence-corrected chi connectivity index (χ2v) is 6.33. The normalized spacial score (nSPS) is 11.8. The van der Waals surface area contributed by atoms with E-state index in [1.165, 1.54) is 0 Å². The maximum atomic E-state index is 12.7. The molecular weight excluding hydrogens is 420 g/mol. The minimum Gasteiger partial charge on any atom is -0.221 e. The molecule has 1 aromatic heterocycles. The summed E-state index contributed by atoms with van der Waals surface area (Å²) in [7, 11) is 0. The van der Waals surface area contributed by atoms with E-state index in [0.29, 0.717) is 12.1 Å². The highest BCUT2D eigenvalue weighted by Crippen LogP contribution is 2.41. The van der Waals surface area contributed by atoms with Crippen LogP contribution >= 0.6 is 46.6 Å². The molecule has 0 saturated heterocycles. The summed E-state index contributed by atoms with van der Waals surface area (Å²) in [5, 5.41) is 10.9.